The van der Waals surface area contributed by atoms with Crippen LogP contribution in [0.25, 0.3) is 6.08 Å². The standard InChI is InChI=1S/C20H15NO5/c1-23-16-8-3-2-5-13(16)6-4-7-15-20(22)26-19(21-15)14-9-10-17-18(11-14)25-12-24-17/h2-11H,12H2,1H3. The summed E-state index contributed by atoms with van der Waals surface area (Å²) in [7, 11) is 1.61. The molecular formula is C20H15NO5. The van der Waals surface area contributed by atoms with Crippen LogP contribution in [0, 0.1) is 0 Å². The number of hydrogen-bond acceptors (Lipinski definition) is 6. The summed E-state index contributed by atoms with van der Waals surface area (Å²) in [5.41, 5.74) is 1.78. The Hall–Kier alpha value is -3.54. The summed E-state index contributed by atoms with van der Waals surface area (Å²) < 4.78 is 21.1. The Morgan fingerprint density at radius 2 is 1.96 bits per heavy atom. The van der Waals surface area contributed by atoms with Crippen LogP contribution in [0.5, 0.6) is 17.2 Å². The van der Waals surface area contributed by atoms with E-state index in [1.165, 1.54) is 0 Å². The Labute approximate surface area is 150 Å². The van der Waals surface area contributed by atoms with E-state index < -0.39 is 5.97 Å². The summed E-state index contributed by atoms with van der Waals surface area (Å²) in [6, 6.07) is 12.9. The fourth-order valence-electron chi connectivity index (χ4n) is 2.62. The van der Waals surface area contributed by atoms with Gasteiger partial charge in [-0.3, -0.25) is 0 Å². The van der Waals surface area contributed by atoms with Crippen molar-refractivity contribution in [2.75, 3.05) is 13.9 Å². The van der Waals surface area contributed by atoms with Crippen molar-refractivity contribution in [2.45, 2.75) is 0 Å². The third kappa shape index (κ3) is 3.04. The second kappa shape index (κ2) is 6.76. The lowest BCUT2D eigenvalue weighted by Crippen LogP contribution is -2.05. The molecule has 130 valence electrons. The lowest BCUT2D eigenvalue weighted by atomic mass is 10.2. The Morgan fingerprint density at radius 1 is 1.12 bits per heavy atom. The highest BCUT2D eigenvalue weighted by Crippen LogP contribution is 2.33. The molecule has 0 radical (unpaired) electrons. The predicted octanol–water partition coefficient (Wildman–Crippen LogP) is 3.32. The summed E-state index contributed by atoms with van der Waals surface area (Å²) in [5.74, 6) is 1.76. The van der Waals surface area contributed by atoms with Gasteiger partial charge in [-0.25, -0.2) is 9.79 Å². The number of carbonyl (C=O) groups is 1. The van der Waals surface area contributed by atoms with Crippen molar-refractivity contribution in [3.63, 3.8) is 0 Å². The summed E-state index contributed by atoms with van der Waals surface area (Å²) in [6.45, 7) is 0.184. The molecule has 2 heterocycles. The molecule has 0 spiro atoms. The molecule has 2 aromatic carbocycles. The van der Waals surface area contributed by atoms with Gasteiger partial charge in [0.15, 0.2) is 17.2 Å². The van der Waals surface area contributed by atoms with Gasteiger partial charge < -0.3 is 18.9 Å². The molecule has 0 saturated carbocycles. The van der Waals surface area contributed by atoms with Crippen LogP contribution >= 0.6 is 0 Å². The first-order valence-electron chi connectivity index (χ1n) is 7.97. The van der Waals surface area contributed by atoms with E-state index in [1.807, 2.05) is 30.3 Å². The van der Waals surface area contributed by atoms with Crippen LogP contribution in [0.15, 0.2) is 65.3 Å². The molecule has 0 amide bonds. The maximum atomic E-state index is 12.0. The molecule has 6 nitrogen and oxygen atoms in total. The molecule has 2 aliphatic rings. The number of aliphatic imine (C=N–C) groups is 1. The summed E-state index contributed by atoms with van der Waals surface area (Å²) in [4.78, 5) is 16.3. The zero-order valence-corrected chi connectivity index (χ0v) is 14.0. The van der Waals surface area contributed by atoms with Crippen molar-refractivity contribution in [1.82, 2.24) is 0 Å². The van der Waals surface area contributed by atoms with Gasteiger partial charge in [0.05, 0.1) is 7.11 Å². The smallest absolute Gasteiger partial charge is 0.363 e. The van der Waals surface area contributed by atoms with Crippen LogP contribution in [-0.4, -0.2) is 25.8 Å². The highest BCUT2D eigenvalue weighted by atomic mass is 16.7. The van der Waals surface area contributed by atoms with Crippen LogP contribution < -0.4 is 14.2 Å². The molecule has 0 aliphatic carbocycles. The Kier molecular flexibility index (Phi) is 4.15. The highest BCUT2D eigenvalue weighted by Gasteiger charge is 2.25. The molecule has 0 atom stereocenters. The minimum absolute atomic E-state index is 0.184. The zero-order valence-electron chi connectivity index (χ0n) is 14.0. The third-order valence-corrected chi connectivity index (χ3v) is 3.91. The number of carbonyl (C=O) groups excluding carboxylic acids is 1. The van der Waals surface area contributed by atoms with E-state index in [1.54, 1.807) is 37.5 Å². The summed E-state index contributed by atoms with van der Waals surface area (Å²) in [6.07, 6.45) is 5.18. The Balaban J connectivity index is 1.56. The SMILES string of the molecule is COc1ccccc1C=CC=C1N=C(c2ccc3c(c2)OCO3)OC1=O. The largest absolute Gasteiger partial charge is 0.496 e. The molecule has 0 fully saturated rings. The third-order valence-electron chi connectivity index (χ3n) is 3.91. The number of esters is 1. The normalized spacial score (nSPS) is 16.9. The first-order chi connectivity index (χ1) is 12.7. The molecular weight excluding hydrogens is 334 g/mol. The van der Waals surface area contributed by atoms with Gasteiger partial charge in [-0.1, -0.05) is 30.4 Å². The average Bonchev–Trinajstić information content (AvgIpc) is 3.28. The molecule has 4 rings (SSSR count). The number of hydrogen-bond donors (Lipinski definition) is 0. The number of ether oxygens (including phenoxy) is 4. The first kappa shape index (κ1) is 16.0. The number of fused-ring (bicyclic) bond motifs is 1. The van der Waals surface area contributed by atoms with Crippen LogP contribution in [-0.2, 0) is 9.53 Å². The van der Waals surface area contributed by atoms with Crippen molar-refractivity contribution in [3.05, 3.63) is 71.4 Å². The molecule has 0 saturated heterocycles. The maximum Gasteiger partial charge on any atom is 0.363 e. The lowest BCUT2D eigenvalue weighted by molar-refractivity contribution is -0.130. The number of cyclic esters (lactones) is 1. The second-order valence-electron chi connectivity index (χ2n) is 5.53. The number of rotatable bonds is 4. The minimum atomic E-state index is -0.498. The van der Waals surface area contributed by atoms with Crippen LogP contribution in [0.4, 0.5) is 0 Å². The highest BCUT2D eigenvalue weighted by molar-refractivity contribution is 6.11. The van der Waals surface area contributed by atoms with Gasteiger partial charge in [0.2, 0.25) is 12.7 Å². The summed E-state index contributed by atoms with van der Waals surface area (Å²) >= 11 is 0. The van der Waals surface area contributed by atoms with E-state index in [-0.39, 0.29) is 18.4 Å². The van der Waals surface area contributed by atoms with E-state index in [0.717, 1.165) is 11.3 Å². The molecule has 6 heteroatoms. The van der Waals surface area contributed by atoms with Crippen molar-refractivity contribution < 1.29 is 23.7 Å². The van der Waals surface area contributed by atoms with Gasteiger partial charge in [-0.15, -0.1) is 0 Å². The van der Waals surface area contributed by atoms with Crippen LogP contribution in [0.2, 0.25) is 0 Å². The molecule has 0 bridgehead atoms. The minimum Gasteiger partial charge on any atom is -0.496 e. The topological polar surface area (TPSA) is 66.3 Å². The Morgan fingerprint density at radius 3 is 2.85 bits per heavy atom. The predicted molar refractivity (Wildman–Crippen MR) is 95.3 cm³/mol. The molecule has 0 N–H and O–H groups in total. The van der Waals surface area contributed by atoms with Crippen LogP contribution in [0.3, 0.4) is 0 Å². The van der Waals surface area contributed by atoms with E-state index in [9.17, 15) is 4.79 Å². The number of nitrogens with zero attached hydrogens (tertiary/aromatic N) is 1. The van der Waals surface area contributed by atoms with Crippen LogP contribution in [0.1, 0.15) is 11.1 Å². The molecule has 2 aliphatic heterocycles. The quantitative estimate of drug-likeness (QED) is 0.626. The van der Waals surface area contributed by atoms with E-state index in [4.69, 9.17) is 18.9 Å². The molecule has 26 heavy (non-hydrogen) atoms. The van der Waals surface area contributed by atoms with Crippen molar-refractivity contribution >= 4 is 17.9 Å². The second-order valence-corrected chi connectivity index (χ2v) is 5.53. The van der Waals surface area contributed by atoms with Crippen molar-refractivity contribution in [3.8, 4) is 17.2 Å². The number of allylic oxidation sites excluding steroid dienone is 2. The number of methoxy groups -OCH3 is 1. The fraction of sp³-hybridized carbons (Fsp3) is 0.100. The van der Waals surface area contributed by atoms with Gasteiger partial charge in [-0.2, -0.15) is 0 Å². The summed E-state index contributed by atoms with van der Waals surface area (Å²) in [5, 5.41) is 0. The van der Waals surface area contributed by atoms with E-state index in [2.05, 4.69) is 4.99 Å². The van der Waals surface area contributed by atoms with Crippen molar-refractivity contribution in [1.29, 1.82) is 0 Å². The van der Waals surface area contributed by atoms with Gasteiger partial charge in [0.1, 0.15) is 5.75 Å². The molecule has 0 unspecified atom stereocenters. The number of benzene rings is 2. The zero-order chi connectivity index (χ0) is 17.9. The maximum absolute atomic E-state index is 12.0. The average molecular weight is 349 g/mol. The van der Waals surface area contributed by atoms with Crippen molar-refractivity contribution in [2.24, 2.45) is 4.99 Å². The molecule has 2 aromatic rings. The van der Waals surface area contributed by atoms with E-state index >= 15 is 0 Å². The van der Waals surface area contributed by atoms with Gasteiger partial charge >= 0.3 is 5.97 Å². The van der Waals surface area contributed by atoms with E-state index in [0.29, 0.717) is 17.1 Å². The monoisotopic (exact) mass is 349 g/mol. The lowest BCUT2D eigenvalue weighted by Gasteiger charge is -2.02. The molecule has 0 aromatic heterocycles. The Bertz CT molecular complexity index is 958. The number of para-hydroxylation sites is 1. The first-order valence-corrected chi connectivity index (χ1v) is 7.97. The van der Waals surface area contributed by atoms with Gasteiger partial charge in [0.25, 0.3) is 0 Å². The van der Waals surface area contributed by atoms with Gasteiger partial charge in [0, 0.05) is 11.1 Å². The van der Waals surface area contributed by atoms with Gasteiger partial charge in [-0.05, 0) is 30.3 Å². The fourth-order valence-corrected chi connectivity index (χ4v) is 2.62.